The smallest absolute Gasteiger partial charge is 0.306 e. The number of aryl methyl sites for hydroxylation is 1. The van der Waals surface area contributed by atoms with Gasteiger partial charge in [0.05, 0.1) is 5.92 Å². The van der Waals surface area contributed by atoms with E-state index in [0.717, 1.165) is 19.6 Å². The SMILES string of the molecule is CCC(Cc1c(C)n(CC)c2cc3c(cc12)CNC3)C(=O)O. The fraction of sp³-hybridized carbons (Fsp3) is 0.500. The van der Waals surface area contributed by atoms with Crippen LogP contribution in [-0.4, -0.2) is 15.6 Å². The molecule has 2 N–H and O–H groups in total. The lowest BCUT2D eigenvalue weighted by Crippen LogP contribution is -2.15. The third kappa shape index (κ3) is 2.31. The van der Waals surface area contributed by atoms with Crippen molar-refractivity contribution in [3.8, 4) is 0 Å². The molecule has 0 amide bonds. The first kappa shape index (κ1) is 15.1. The largest absolute Gasteiger partial charge is 0.481 e. The first-order valence-electron chi connectivity index (χ1n) is 8.13. The maximum atomic E-state index is 11.4. The van der Waals surface area contributed by atoms with Crippen LogP contribution in [0.4, 0.5) is 0 Å². The lowest BCUT2D eigenvalue weighted by Gasteiger charge is -2.10. The number of benzene rings is 1. The van der Waals surface area contributed by atoms with Gasteiger partial charge in [-0.3, -0.25) is 4.79 Å². The zero-order valence-electron chi connectivity index (χ0n) is 13.6. The number of hydrogen-bond acceptors (Lipinski definition) is 2. The Morgan fingerprint density at radius 1 is 1.32 bits per heavy atom. The molecule has 1 aliphatic rings. The second-order valence-corrected chi connectivity index (χ2v) is 6.20. The van der Waals surface area contributed by atoms with Gasteiger partial charge in [0.1, 0.15) is 0 Å². The Kier molecular flexibility index (Phi) is 3.96. The zero-order chi connectivity index (χ0) is 15.9. The monoisotopic (exact) mass is 300 g/mol. The van der Waals surface area contributed by atoms with Crippen molar-refractivity contribution in [1.82, 2.24) is 9.88 Å². The highest BCUT2D eigenvalue weighted by atomic mass is 16.4. The Balaban J connectivity index is 2.16. The van der Waals surface area contributed by atoms with Crippen LogP contribution < -0.4 is 5.32 Å². The van der Waals surface area contributed by atoms with Gasteiger partial charge in [0.2, 0.25) is 0 Å². The molecule has 0 spiro atoms. The molecule has 22 heavy (non-hydrogen) atoms. The number of nitrogens with zero attached hydrogens (tertiary/aromatic N) is 1. The normalized spacial score (nSPS) is 15.2. The van der Waals surface area contributed by atoms with Crippen LogP contribution in [0.3, 0.4) is 0 Å². The van der Waals surface area contributed by atoms with E-state index in [1.807, 2.05) is 6.92 Å². The van der Waals surface area contributed by atoms with Gasteiger partial charge >= 0.3 is 5.97 Å². The van der Waals surface area contributed by atoms with Crippen LogP contribution in [0, 0.1) is 12.8 Å². The highest BCUT2D eigenvalue weighted by Gasteiger charge is 2.23. The zero-order valence-corrected chi connectivity index (χ0v) is 13.6. The lowest BCUT2D eigenvalue weighted by atomic mass is 9.94. The van der Waals surface area contributed by atoms with Crippen molar-refractivity contribution in [3.63, 3.8) is 0 Å². The van der Waals surface area contributed by atoms with E-state index in [9.17, 15) is 9.90 Å². The van der Waals surface area contributed by atoms with E-state index in [1.54, 1.807) is 0 Å². The third-order valence-corrected chi connectivity index (χ3v) is 5.02. The minimum Gasteiger partial charge on any atom is -0.481 e. The molecule has 1 aromatic heterocycles. The summed E-state index contributed by atoms with van der Waals surface area (Å²) in [5.74, 6) is -0.997. The molecule has 1 unspecified atom stereocenters. The molecular formula is C18H24N2O2. The van der Waals surface area contributed by atoms with Gasteiger partial charge < -0.3 is 15.0 Å². The number of fused-ring (bicyclic) bond motifs is 2. The first-order valence-corrected chi connectivity index (χ1v) is 8.13. The molecule has 4 nitrogen and oxygen atoms in total. The molecule has 0 radical (unpaired) electrons. The fourth-order valence-corrected chi connectivity index (χ4v) is 3.66. The van der Waals surface area contributed by atoms with Crippen molar-refractivity contribution in [2.24, 2.45) is 5.92 Å². The van der Waals surface area contributed by atoms with Gasteiger partial charge in [-0.1, -0.05) is 6.92 Å². The quantitative estimate of drug-likeness (QED) is 0.891. The molecule has 0 fully saturated rings. The van der Waals surface area contributed by atoms with Gasteiger partial charge in [-0.2, -0.15) is 0 Å². The Morgan fingerprint density at radius 3 is 2.59 bits per heavy atom. The van der Waals surface area contributed by atoms with Gasteiger partial charge in [-0.25, -0.2) is 0 Å². The van der Waals surface area contributed by atoms with E-state index in [4.69, 9.17) is 0 Å². The van der Waals surface area contributed by atoms with Crippen LogP contribution in [0.5, 0.6) is 0 Å². The second-order valence-electron chi connectivity index (χ2n) is 6.20. The summed E-state index contributed by atoms with van der Waals surface area (Å²) in [6, 6.07) is 4.56. The highest BCUT2D eigenvalue weighted by molar-refractivity contribution is 5.88. The molecule has 118 valence electrons. The summed E-state index contributed by atoms with van der Waals surface area (Å²) < 4.78 is 2.32. The summed E-state index contributed by atoms with van der Waals surface area (Å²) in [4.78, 5) is 11.4. The average molecular weight is 300 g/mol. The Hall–Kier alpha value is -1.81. The number of carboxylic acids is 1. The van der Waals surface area contributed by atoms with Gasteiger partial charge in [0, 0.05) is 36.2 Å². The summed E-state index contributed by atoms with van der Waals surface area (Å²) in [6.45, 7) is 8.98. The molecule has 0 aliphatic carbocycles. The predicted octanol–water partition coefficient (Wildman–Crippen LogP) is 3.23. The number of aliphatic carboxylic acids is 1. The van der Waals surface area contributed by atoms with E-state index in [1.165, 1.54) is 33.3 Å². The summed E-state index contributed by atoms with van der Waals surface area (Å²) in [5, 5.41) is 14.0. The van der Waals surface area contributed by atoms with Gasteiger partial charge in [-0.15, -0.1) is 0 Å². The Bertz CT molecular complexity index is 730. The molecule has 2 aromatic rings. The molecule has 1 aromatic carbocycles. The highest BCUT2D eigenvalue weighted by Crippen LogP contribution is 2.32. The Labute approximate surface area is 131 Å². The van der Waals surface area contributed by atoms with E-state index < -0.39 is 5.97 Å². The number of carboxylic acid groups (broad SMARTS) is 1. The van der Waals surface area contributed by atoms with Crippen molar-refractivity contribution in [2.75, 3.05) is 0 Å². The Morgan fingerprint density at radius 2 is 2.00 bits per heavy atom. The lowest BCUT2D eigenvalue weighted by molar-refractivity contribution is -0.141. The molecule has 3 rings (SSSR count). The van der Waals surface area contributed by atoms with Crippen LogP contribution in [-0.2, 0) is 30.8 Å². The first-order chi connectivity index (χ1) is 10.6. The molecule has 1 atom stereocenters. The minimum atomic E-state index is -0.692. The number of rotatable bonds is 5. The topological polar surface area (TPSA) is 54.3 Å². The van der Waals surface area contributed by atoms with Crippen LogP contribution in [0.2, 0.25) is 0 Å². The second kappa shape index (κ2) is 5.76. The van der Waals surface area contributed by atoms with E-state index >= 15 is 0 Å². The van der Waals surface area contributed by atoms with Crippen LogP contribution >= 0.6 is 0 Å². The van der Waals surface area contributed by atoms with Crippen molar-refractivity contribution >= 4 is 16.9 Å². The number of hydrogen-bond donors (Lipinski definition) is 2. The van der Waals surface area contributed by atoms with Crippen LogP contribution in [0.25, 0.3) is 10.9 Å². The van der Waals surface area contributed by atoms with Crippen LogP contribution in [0.15, 0.2) is 12.1 Å². The van der Waals surface area contributed by atoms with Gasteiger partial charge in [0.25, 0.3) is 0 Å². The number of nitrogens with one attached hydrogen (secondary N) is 1. The van der Waals surface area contributed by atoms with E-state index in [-0.39, 0.29) is 5.92 Å². The van der Waals surface area contributed by atoms with Crippen molar-refractivity contribution in [2.45, 2.75) is 53.2 Å². The van der Waals surface area contributed by atoms with Crippen molar-refractivity contribution < 1.29 is 9.90 Å². The summed E-state index contributed by atoms with van der Waals surface area (Å²) in [5.41, 5.74) is 6.40. The molecule has 0 bridgehead atoms. The van der Waals surface area contributed by atoms with Crippen molar-refractivity contribution in [3.05, 3.63) is 34.5 Å². The van der Waals surface area contributed by atoms with Crippen molar-refractivity contribution in [1.29, 1.82) is 0 Å². The molecule has 4 heteroatoms. The summed E-state index contributed by atoms with van der Waals surface area (Å²) in [6.07, 6.45) is 1.29. The average Bonchev–Trinajstić information content (AvgIpc) is 3.04. The molecule has 0 saturated carbocycles. The molecule has 0 saturated heterocycles. The minimum absolute atomic E-state index is 0.305. The summed E-state index contributed by atoms with van der Waals surface area (Å²) >= 11 is 0. The van der Waals surface area contributed by atoms with Gasteiger partial charge in [-0.05, 0) is 55.5 Å². The summed E-state index contributed by atoms with van der Waals surface area (Å²) in [7, 11) is 0. The third-order valence-electron chi connectivity index (χ3n) is 5.02. The maximum absolute atomic E-state index is 11.4. The van der Waals surface area contributed by atoms with Crippen LogP contribution in [0.1, 0.15) is 42.7 Å². The standard InChI is InChI=1S/C18H24N2O2/c1-4-12(18(21)22)6-15-11(3)20(5-2)17-8-14-10-19-9-13(14)7-16(15)17/h7-8,12,19H,4-6,9-10H2,1-3H3,(H,21,22). The van der Waals surface area contributed by atoms with Gasteiger partial charge in [0.15, 0.2) is 0 Å². The predicted molar refractivity (Wildman–Crippen MR) is 88.0 cm³/mol. The number of carbonyl (C=O) groups is 1. The molecule has 1 aliphatic heterocycles. The number of aromatic nitrogens is 1. The maximum Gasteiger partial charge on any atom is 0.306 e. The fourth-order valence-electron chi connectivity index (χ4n) is 3.66. The molecular weight excluding hydrogens is 276 g/mol. The van der Waals surface area contributed by atoms with E-state index in [2.05, 4.69) is 35.9 Å². The molecule has 2 heterocycles. The van der Waals surface area contributed by atoms with E-state index in [0.29, 0.717) is 12.8 Å².